The van der Waals surface area contributed by atoms with Gasteiger partial charge < -0.3 is 10.5 Å². The molecule has 0 radical (unpaired) electrons. The molecule has 2 aromatic carbocycles. The van der Waals surface area contributed by atoms with Gasteiger partial charge in [-0.2, -0.15) is 4.98 Å². The summed E-state index contributed by atoms with van der Waals surface area (Å²) in [5.41, 5.74) is 5.62. The van der Waals surface area contributed by atoms with E-state index in [1.54, 1.807) is 0 Å². The molecule has 0 unspecified atom stereocenters. The second kappa shape index (κ2) is 4.74. The Morgan fingerprint density at radius 2 is 1.79 bits per heavy atom. The third-order valence-electron chi connectivity index (χ3n) is 2.74. The highest BCUT2D eigenvalue weighted by Gasteiger charge is 2.10. The lowest BCUT2D eigenvalue weighted by Crippen LogP contribution is -1.96. The van der Waals surface area contributed by atoms with Crippen molar-refractivity contribution in [2.75, 3.05) is 5.73 Å². The number of fused-ring (bicyclic) bond motifs is 1. The molecule has 0 fully saturated rings. The van der Waals surface area contributed by atoms with Crippen LogP contribution in [0, 0.1) is 0 Å². The van der Waals surface area contributed by atoms with E-state index in [1.807, 2.05) is 42.5 Å². The Hall–Kier alpha value is -2.33. The van der Waals surface area contributed by atoms with E-state index in [-0.39, 0.29) is 16.7 Å². The highest BCUT2D eigenvalue weighted by Crippen LogP contribution is 2.33. The molecule has 1 heterocycles. The monoisotopic (exact) mass is 271 g/mol. The molecular formula is C14H10ClN3O. The van der Waals surface area contributed by atoms with Crippen LogP contribution in [-0.2, 0) is 0 Å². The van der Waals surface area contributed by atoms with Gasteiger partial charge in [-0.3, -0.25) is 0 Å². The van der Waals surface area contributed by atoms with Crippen molar-refractivity contribution in [3.8, 4) is 11.6 Å². The molecule has 3 aromatic rings. The van der Waals surface area contributed by atoms with Gasteiger partial charge in [-0.15, -0.1) is 0 Å². The molecule has 94 valence electrons. The molecule has 0 bridgehead atoms. The molecule has 0 amide bonds. The normalized spacial score (nSPS) is 10.6. The summed E-state index contributed by atoms with van der Waals surface area (Å²) in [6.07, 6.45) is 1.32. The summed E-state index contributed by atoms with van der Waals surface area (Å²) in [5.74, 6) is 1.13. The van der Waals surface area contributed by atoms with Crippen molar-refractivity contribution < 1.29 is 4.74 Å². The van der Waals surface area contributed by atoms with Crippen molar-refractivity contribution in [3.05, 3.63) is 53.8 Å². The van der Waals surface area contributed by atoms with Gasteiger partial charge in [0.25, 0.3) is 0 Å². The standard InChI is InChI=1S/C14H10ClN3O/c15-12-13(16)17-8-18-14(12)19-11-7-3-5-9-4-1-2-6-10(9)11/h1-8H,(H2,16,17,18). The SMILES string of the molecule is Nc1ncnc(Oc2cccc3ccccc23)c1Cl. The topological polar surface area (TPSA) is 61.0 Å². The molecule has 0 aliphatic heterocycles. The number of aromatic nitrogens is 2. The van der Waals surface area contributed by atoms with E-state index < -0.39 is 0 Å². The zero-order valence-electron chi connectivity index (χ0n) is 9.88. The maximum absolute atomic E-state index is 6.02. The molecule has 0 saturated carbocycles. The number of nitrogens with zero attached hydrogens (tertiary/aromatic N) is 2. The number of hydrogen-bond donors (Lipinski definition) is 1. The number of benzene rings is 2. The molecule has 0 spiro atoms. The lowest BCUT2D eigenvalue weighted by molar-refractivity contribution is 0.467. The maximum Gasteiger partial charge on any atom is 0.243 e. The molecule has 4 nitrogen and oxygen atoms in total. The smallest absolute Gasteiger partial charge is 0.243 e. The zero-order valence-corrected chi connectivity index (χ0v) is 10.6. The summed E-state index contributed by atoms with van der Waals surface area (Å²) in [6.45, 7) is 0. The predicted molar refractivity (Wildman–Crippen MR) is 75.5 cm³/mol. The number of anilines is 1. The van der Waals surface area contributed by atoms with E-state index in [2.05, 4.69) is 9.97 Å². The molecule has 0 saturated heterocycles. The van der Waals surface area contributed by atoms with Gasteiger partial charge in [-0.05, 0) is 11.5 Å². The Balaban J connectivity index is 2.09. The van der Waals surface area contributed by atoms with Crippen LogP contribution in [0.4, 0.5) is 5.82 Å². The molecule has 0 aliphatic carbocycles. The van der Waals surface area contributed by atoms with Crippen molar-refractivity contribution in [2.24, 2.45) is 0 Å². The Morgan fingerprint density at radius 1 is 1.00 bits per heavy atom. The average molecular weight is 272 g/mol. The van der Waals surface area contributed by atoms with E-state index in [1.165, 1.54) is 6.33 Å². The van der Waals surface area contributed by atoms with E-state index in [4.69, 9.17) is 22.1 Å². The third kappa shape index (κ3) is 2.18. The van der Waals surface area contributed by atoms with E-state index in [0.29, 0.717) is 5.75 Å². The fourth-order valence-electron chi connectivity index (χ4n) is 1.83. The number of nitrogen functional groups attached to an aromatic ring is 1. The van der Waals surface area contributed by atoms with Gasteiger partial charge in [0.2, 0.25) is 5.88 Å². The van der Waals surface area contributed by atoms with E-state index in [9.17, 15) is 0 Å². The van der Waals surface area contributed by atoms with Crippen molar-refractivity contribution in [1.29, 1.82) is 0 Å². The van der Waals surface area contributed by atoms with Crippen LogP contribution in [0.1, 0.15) is 0 Å². The highest BCUT2D eigenvalue weighted by molar-refractivity contribution is 6.34. The second-order valence-corrected chi connectivity index (χ2v) is 4.34. The molecule has 3 rings (SSSR count). The van der Waals surface area contributed by atoms with Crippen molar-refractivity contribution >= 4 is 28.2 Å². The van der Waals surface area contributed by atoms with Gasteiger partial charge in [-0.1, -0.05) is 48.0 Å². The van der Waals surface area contributed by atoms with Crippen molar-refractivity contribution in [2.45, 2.75) is 0 Å². The quantitative estimate of drug-likeness (QED) is 0.773. The summed E-state index contributed by atoms with van der Waals surface area (Å²) >= 11 is 6.02. The molecule has 2 N–H and O–H groups in total. The third-order valence-corrected chi connectivity index (χ3v) is 3.10. The van der Waals surface area contributed by atoms with Crippen LogP contribution in [0.25, 0.3) is 10.8 Å². The van der Waals surface area contributed by atoms with Crippen molar-refractivity contribution in [1.82, 2.24) is 9.97 Å². The maximum atomic E-state index is 6.02. The lowest BCUT2D eigenvalue weighted by Gasteiger charge is -2.09. The summed E-state index contributed by atoms with van der Waals surface area (Å²) in [6, 6.07) is 13.7. The Kier molecular flexibility index (Phi) is 2.93. The molecule has 0 atom stereocenters. The second-order valence-electron chi connectivity index (χ2n) is 3.96. The summed E-state index contributed by atoms with van der Waals surface area (Å²) < 4.78 is 5.74. The first-order chi connectivity index (χ1) is 9.25. The fraction of sp³-hybridized carbons (Fsp3) is 0. The molecule has 19 heavy (non-hydrogen) atoms. The molecule has 5 heteroatoms. The van der Waals surface area contributed by atoms with Crippen LogP contribution < -0.4 is 10.5 Å². The van der Waals surface area contributed by atoms with Crippen LogP contribution in [0.3, 0.4) is 0 Å². The average Bonchev–Trinajstić information content (AvgIpc) is 2.44. The van der Waals surface area contributed by atoms with E-state index >= 15 is 0 Å². The minimum atomic E-state index is 0.201. The van der Waals surface area contributed by atoms with Crippen LogP contribution in [0.2, 0.25) is 5.02 Å². The Labute approximate surface area is 114 Å². The predicted octanol–water partition coefficient (Wildman–Crippen LogP) is 3.66. The molecule has 1 aromatic heterocycles. The first kappa shape index (κ1) is 11.7. The molecular weight excluding hydrogens is 262 g/mol. The van der Waals surface area contributed by atoms with E-state index in [0.717, 1.165) is 10.8 Å². The largest absolute Gasteiger partial charge is 0.437 e. The Morgan fingerprint density at radius 3 is 2.68 bits per heavy atom. The van der Waals surface area contributed by atoms with Crippen LogP contribution in [0.5, 0.6) is 11.6 Å². The highest BCUT2D eigenvalue weighted by atomic mass is 35.5. The van der Waals surface area contributed by atoms with Crippen molar-refractivity contribution in [3.63, 3.8) is 0 Å². The fourth-order valence-corrected chi connectivity index (χ4v) is 1.96. The first-order valence-corrected chi connectivity index (χ1v) is 6.05. The van der Waals surface area contributed by atoms with Gasteiger partial charge in [0.05, 0.1) is 0 Å². The molecule has 0 aliphatic rings. The number of hydrogen-bond acceptors (Lipinski definition) is 4. The number of ether oxygens (including phenoxy) is 1. The number of nitrogens with two attached hydrogens (primary N) is 1. The number of halogens is 1. The van der Waals surface area contributed by atoms with Crippen LogP contribution in [0.15, 0.2) is 48.8 Å². The van der Waals surface area contributed by atoms with Gasteiger partial charge in [0.15, 0.2) is 0 Å². The lowest BCUT2D eigenvalue weighted by atomic mass is 10.1. The van der Waals surface area contributed by atoms with Crippen LogP contribution >= 0.6 is 11.6 Å². The van der Waals surface area contributed by atoms with Gasteiger partial charge >= 0.3 is 0 Å². The van der Waals surface area contributed by atoms with Crippen LogP contribution in [-0.4, -0.2) is 9.97 Å². The van der Waals surface area contributed by atoms with Gasteiger partial charge in [0.1, 0.15) is 22.9 Å². The summed E-state index contributed by atoms with van der Waals surface area (Å²) in [5, 5.41) is 2.28. The minimum Gasteiger partial charge on any atom is -0.437 e. The Bertz CT molecular complexity index is 740. The van der Waals surface area contributed by atoms with Gasteiger partial charge in [-0.25, -0.2) is 4.98 Å². The minimum absolute atomic E-state index is 0.201. The summed E-state index contributed by atoms with van der Waals surface area (Å²) in [7, 11) is 0. The summed E-state index contributed by atoms with van der Waals surface area (Å²) in [4.78, 5) is 7.79. The number of rotatable bonds is 2. The first-order valence-electron chi connectivity index (χ1n) is 5.67. The van der Waals surface area contributed by atoms with Gasteiger partial charge in [0, 0.05) is 5.39 Å². The zero-order chi connectivity index (χ0) is 13.2.